The van der Waals surface area contributed by atoms with E-state index in [9.17, 15) is 0 Å². The summed E-state index contributed by atoms with van der Waals surface area (Å²) in [5, 5.41) is 7.59. The summed E-state index contributed by atoms with van der Waals surface area (Å²) in [5.41, 5.74) is 0. The monoisotopic (exact) mass is 253 g/mol. The van der Waals surface area contributed by atoms with Crippen molar-refractivity contribution >= 4 is 11.8 Å². The highest BCUT2D eigenvalue weighted by Crippen LogP contribution is 2.30. The average molecular weight is 253 g/mol. The van der Waals surface area contributed by atoms with Gasteiger partial charge in [0.1, 0.15) is 0 Å². The van der Waals surface area contributed by atoms with E-state index in [2.05, 4.69) is 15.5 Å². The molecule has 3 heterocycles. The Morgan fingerprint density at radius 1 is 1.18 bits per heavy atom. The summed E-state index contributed by atoms with van der Waals surface area (Å²) >= 11 is 2.05. The molecule has 0 aliphatic carbocycles. The van der Waals surface area contributed by atoms with Crippen molar-refractivity contribution in [3.8, 4) is 0 Å². The lowest BCUT2D eigenvalue weighted by molar-refractivity contribution is 0.338. The molecule has 3 rings (SSSR count). The zero-order valence-corrected chi connectivity index (χ0v) is 10.8. The quantitative estimate of drug-likeness (QED) is 0.877. The van der Waals surface area contributed by atoms with Gasteiger partial charge in [0.15, 0.2) is 5.82 Å². The van der Waals surface area contributed by atoms with E-state index in [4.69, 9.17) is 4.52 Å². The third-order valence-electron chi connectivity index (χ3n) is 3.63. The molecule has 17 heavy (non-hydrogen) atoms. The topological polar surface area (TPSA) is 51.0 Å². The van der Waals surface area contributed by atoms with Crippen molar-refractivity contribution in [1.82, 2.24) is 15.5 Å². The van der Waals surface area contributed by atoms with Gasteiger partial charge in [0, 0.05) is 5.92 Å². The second kappa shape index (κ2) is 5.40. The first kappa shape index (κ1) is 11.5. The fourth-order valence-corrected chi connectivity index (χ4v) is 3.64. The van der Waals surface area contributed by atoms with Crippen molar-refractivity contribution in [1.29, 1.82) is 0 Å². The highest BCUT2D eigenvalue weighted by atomic mass is 32.2. The lowest BCUT2D eigenvalue weighted by Gasteiger charge is -2.07. The summed E-state index contributed by atoms with van der Waals surface area (Å²) in [6, 6.07) is 0.302. The number of nitrogens with zero attached hydrogens (tertiary/aromatic N) is 2. The van der Waals surface area contributed by atoms with Crippen LogP contribution in [-0.4, -0.2) is 28.2 Å². The Labute approximate surface area is 106 Å². The van der Waals surface area contributed by atoms with Crippen LogP contribution in [0.3, 0.4) is 0 Å². The van der Waals surface area contributed by atoms with Gasteiger partial charge in [-0.1, -0.05) is 5.16 Å². The molecule has 2 atom stereocenters. The summed E-state index contributed by atoms with van der Waals surface area (Å²) in [6.07, 6.45) is 6.03. The summed E-state index contributed by atoms with van der Waals surface area (Å²) in [5.74, 6) is 4.77. The molecule has 2 saturated heterocycles. The maximum absolute atomic E-state index is 5.41. The van der Waals surface area contributed by atoms with Crippen molar-refractivity contribution in [2.24, 2.45) is 0 Å². The largest absolute Gasteiger partial charge is 0.338 e. The Kier molecular flexibility index (Phi) is 3.66. The smallest absolute Gasteiger partial charge is 0.243 e. The fourth-order valence-electron chi connectivity index (χ4n) is 2.61. The number of nitrogens with one attached hydrogen (secondary N) is 1. The lowest BCUT2D eigenvalue weighted by atomic mass is 10.0. The van der Waals surface area contributed by atoms with Crippen molar-refractivity contribution in [3.63, 3.8) is 0 Å². The number of hydrogen-bond acceptors (Lipinski definition) is 5. The van der Waals surface area contributed by atoms with Crippen LogP contribution < -0.4 is 5.32 Å². The van der Waals surface area contributed by atoms with Crippen LogP contribution in [0.2, 0.25) is 0 Å². The number of rotatable bonds is 2. The Hall–Kier alpha value is -0.550. The molecule has 0 saturated carbocycles. The lowest BCUT2D eigenvalue weighted by Crippen LogP contribution is -2.13. The van der Waals surface area contributed by atoms with E-state index in [0.29, 0.717) is 12.0 Å². The molecule has 0 amide bonds. The third-order valence-corrected chi connectivity index (χ3v) is 4.73. The summed E-state index contributed by atoms with van der Waals surface area (Å²) in [4.78, 5) is 4.61. The Balaban J connectivity index is 1.70. The van der Waals surface area contributed by atoms with E-state index in [1.807, 2.05) is 11.8 Å². The Bertz CT molecular complexity index is 354. The van der Waals surface area contributed by atoms with Crippen LogP contribution in [0.5, 0.6) is 0 Å². The van der Waals surface area contributed by atoms with Crippen LogP contribution in [0.25, 0.3) is 0 Å². The van der Waals surface area contributed by atoms with Crippen LogP contribution in [0.4, 0.5) is 0 Å². The number of thioether (sulfide) groups is 1. The van der Waals surface area contributed by atoms with Crippen LogP contribution >= 0.6 is 11.8 Å². The highest BCUT2D eigenvalue weighted by molar-refractivity contribution is 7.99. The minimum atomic E-state index is 0.302. The molecule has 2 aliphatic rings. The van der Waals surface area contributed by atoms with Crippen molar-refractivity contribution in [2.75, 3.05) is 18.1 Å². The summed E-state index contributed by atoms with van der Waals surface area (Å²) < 4.78 is 5.41. The van der Waals surface area contributed by atoms with E-state index in [1.54, 1.807) is 0 Å². The van der Waals surface area contributed by atoms with E-state index < -0.39 is 0 Å². The summed E-state index contributed by atoms with van der Waals surface area (Å²) in [6.45, 7) is 1.07. The van der Waals surface area contributed by atoms with Crippen LogP contribution in [0.15, 0.2) is 4.52 Å². The Morgan fingerprint density at radius 3 is 3.06 bits per heavy atom. The predicted octanol–water partition coefficient (Wildman–Crippen LogP) is 2.49. The first-order valence-corrected chi connectivity index (χ1v) is 7.73. The molecule has 1 aromatic rings. The second-order valence-corrected chi connectivity index (χ2v) is 6.10. The minimum Gasteiger partial charge on any atom is -0.338 e. The van der Waals surface area contributed by atoms with Crippen LogP contribution in [-0.2, 0) is 0 Å². The van der Waals surface area contributed by atoms with Gasteiger partial charge in [-0.25, -0.2) is 0 Å². The van der Waals surface area contributed by atoms with Gasteiger partial charge < -0.3 is 9.84 Å². The molecule has 0 bridgehead atoms. The van der Waals surface area contributed by atoms with E-state index in [1.165, 1.54) is 37.2 Å². The molecule has 0 spiro atoms. The van der Waals surface area contributed by atoms with Gasteiger partial charge >= 0.3 is 0 Å². The number of hydrogen-bond donors (Lipinski definition) is 1. The maximum Gasteiger partial charge on any atom is 0.243 e. The first-order chi connectivity index (χ1) is 8.43. The van der Waals surface area contributed by atoms with Gasteiger partial charge in [-0.3, -0.25) is 0 Å². The standard InChI is InChI=1S/C12H19N3OS/c1-4-10(13-6-1)12-14-11(15-16-12)9-3-2-7-17-8-5-9/h9-10,13H,1-8H2/t9-,10+/m1/s1. The van der Waals surface area contributed by atoms with Crippen LogP contribution in [0, 0.1) is 0 Å². The minimum absolute atomic E-state index is 0.302. The van der Waals surface area contributed by atoms with Crippen LogP contribution in [0.1, 0.15) is 55.8 Å². The predicted molar refractivity (Wildman–Crippen MR) is 68.2 cm³/mol. The molecule has 0 aromatic carbocycles. The summed E-state index contributed by atoms with van der Waals surface area (Å²) in [7, 11) is 0. The van der Waals surface area contributed by atoms with E-state index >= 15 is 0 Å². The second-order valence-electron chi connectivity index (χ2n) is 4.88. The van der Waals surface area contributed by atoms with Gasteiger partial charge in [0.25, 0.3) is 0 Å². The molecular weight excluding hydrogens is 234 g/mol. The van der Waals surface area contributed by atoms with Crippen molar-refractivity contribution < 1.29 is 4.52 Å². The molecule has 0 radical (unpaired) electrons. The molecule has 1 aromatic heterocycles. The SMILES string of the molecule is C1CSCC[C@H](c2noc([C@@H]3CCCN3)n2)C1. The molecular formula is C12H19N3OS. The molecule has 94 valence electrons. The molecule has 5 heteroatoms. The van der Waals surface area contributed by atoms with E-state index in [0.717, 1.165) is 24.7 Å². The maximum atomic E-state index is 5.41. The molecule has 1 N–H and O–H groups in total. The van der Waals surface area contributed by atoms with Gasteiger partial charge in [0.2, 0.25) is 5.89 Å². The van der Waals surface area contributed by atoms with Crippen molar-refractivity contribution in [2.45, 2.75) is 44.1 Å². The Morgan fingerprint density at radius 2 is 2.18 bits per heavy atom. The average Bonchev–Trinajstić information content (AvgIpc) is 2.95. The molecule has 0 unspecified atom stereocenters. The zero-order valence-electron chi connectivity index (χ0n) is 10.0. The van der Waals surface area contributed by atoms with Gasteiger partial charge in [-0.2, -0.15) is 16.7 Å². The number of aromatic nitrogens is 2. The molecule has 4 nitrogen and oxygen atoms in total. The highest BCUT2D eigenvalue weighted by Gasteiger charge is 2.25. The van der Waals surface area contributed by atoms with Crippen molar-refractivity contribution in [3.05, 3.63) is 11.7 Å². The van der Waals surface area contributed by atoms with Gasteiger partial charge in [-0.05, 0) is 50.2 Å². The third kappa shape index (κ3) is 2.65. The first-order valence-electron chi connectivity index (χ1n) is 6.58. The molecule has 2 fully saturated rings. The van der Waals surface area contributed by atoms with Gasteiger partial charge in [0.05, 0.1) is 6.04 Å². The molecule has 2 aliphatic heterocycles. The fraction of sp³-hybridized carbons (Fsp3) is 0.833. The normalized spacial score (nSPS) is 30.4. The zero-order chi connectivity index (χ0) is 11.5. The van der Waals surface area contributed by atoms with E-state index in [-0.39, 0.29) is 0 Å². The van der Waals surface area contributed by atoms with Gasteiger partial charge in [-0.15, -0.1) is 0 Å².